The maximum atomic E-state index is 11.6. The highest BCUT2D eigenvalue weighted by atomic mass is 16.5. The van der Waals surface area contributed by atoms with Gasteiger partial charge < -0.3 is 9.84 Å². The summed E-state index contributed by atoms with van der Waals surface area (Å²) in [5, 5.41) is 8.54. The number of carbonyl (C=O) groups excluding carboxylic acids is 1. The molecule has 0 amide bonds. The first-order valence-corrected chi connectivity index (χ1v) is 6.57. The Labute approximate surface area is 108 Å². The minimum atomic E-state index is -0.850. The number of carboxylic acid groups (broad SMARTS) is 1. The van der Waals surface area contributed by atoms with Crippen LogP contribution in [-0.4, -0.2) is 48.2 Å². The second kappa shape index (κ2) is 7.36. The van der Waals surface area contributed by atoms with Crippen molar-refractivity contribution < 1.29 is 19.4 Å². The third kappa shape index (κ3) is 6.00. The molecule has 0 atom stereocenters. The fraction of sp³-hybridized carbons (Fsp3) is 0.846. The maximum Gasteiger partial charge on any atom is 0.320 e. The molecule has 0 aromatic heterocycles. The van der Waals surface area contributed by atoms with Gasteiger partial charge in [-0.1, -0.05) is 6.92 Å². The Hall–Kier alpha value is -1.10. The van der Waals surface area contributed by atoms with E-state index in [0.717, 1.165) is 31.6 Å². The molecule has 18 heavy (non-hydrogen) atoms. The molecule has 1 aliphatic rings. The van der Waals surface area contributed by atoms with Gasteiger partial charge in [0.1, 0.15) is 6.10 Å². The van der Waals surface area contributed by atoms with E-state index in [-0.39, 0.29) is 25.0 Å². The number of hydrogen-bond donors (Lipinski definition) is 1. The van der Waals surface area contributed by atoms with Crippen molar-refractivity contribution >= 4 is 11.9 Å². The van der Waals surface area contributed by atoms with E-state index in [0.29, 0.717) is 6.54 Å². The first kappa shape index (κ1) is 15.0. The third-order valence-electron chi connectivity index (χ3n) is 3.37. The molecule has 0 spiro atoms. The van der Waals surface area contributed by atoms with Gasteiger partial charge in [0.25, 0.3) is 0 Å². The summed E-state index contributed by atoms with van der Waals surface area (Å²) in [6, 6.07) is 0. The highest BCUT2D eigenvalue weighted by molar-refractivity contribution is 5.72. The molecule has 1 saturated carbocycles. The van der Waals surface area contributed by atoms with E-state index in [1.165, 1.54) is 0 Å². The molecule has 5 nitrogen and oxygen atoms in total. The van der Waals surface area contributed by atoms with Gasteiger partial charge in [-0.3, -0.25) is 14.5 Å². The van der Waals surface area contributed by atoms with Crippen LogP contribution in [0, 0.1) is 5.92 Å². The standard InChI is InChI=1S/C13H23NO4/c1-10-3-5-11(6-4-10)18-13(17)9-14(2)8-7-12(15)16/h10-11H,3-9H2,1-2H3,(H,15,16). The Morgan fingerprint density at radius 3 is 2.44 bits per heavy atom. The van der Waals surface area contributed by atoms with Gasteiger partial charge in [0.15, 0.2) is 0 Å². The lowest BCUT2D eigenvalue weighted by Gasteiger charge is -2.26. The third-order valence-corrected chi connectivity index (χ3v) is 3.37. The Kier molecular flexibility index (Phi) is 6.12. The van der Waals surface area contributed by atoms with Crippen molar-refractivity contribution in [1.29, 1.82) is 0 Å². The van der Waals surface area contributed by atoms with E-state index < -0.39 is 5.97 Å². The van der Waals surface area contributed by atoms with E-state index in [2.05, 4.69) is 6.92 Å². The van der Waals surface area contributed by atoms with Crippen molar-refractivity contribution in [2.75, 3.05) is 20.1 Å². The average Bonchev–Trinajstić information content (AvgIpc) is 2.29. The maximum absolute atomic E-state index is 11.6. The first-order valence-electron chi connectivity index (χ1n) is 6.57. The van der Waals surface area contributed by atoms with Crippen LogP contribution in [0.4, 0.5) is 0 Å². The summed E-state index contributed by atoms with van der Waals surface area (Å²) in [4.78, 5) is 23.7. The molecule has 0 aliphatic heterocycles. The number of carboxylic acids is 1. The van der Waals surface area contributed by atoms with E-state index >= 15 is 0 Å². The van der Waals surface area contributed by atoms with Crippen LogP contribution in [0.5, 0.6) is 0 Å². The number of nitrogens with zero attached hydrogens (tertiary/aromatic N) is 1. The lowest BCUT2D eigenvalue weighted by atomic mass is 9.89. The fourth-order valence-electron chi connectivity index (χ4n) is 2.16. The molecule has 0 bridgehead atoms. The molecule has 104 valence electrons. The Morgan fingerprint density at radius 1 is 1.28 bits per heavy atom. The number of rotatable bonds is 6. The van der Waals surface area contributed by atoms with Gasteiger partial charge >= 0.3 is 11.9 Å². The quantitative estimate of drug-likeness (QED) is 0.731. The van der Waals surface area contributed by atoms with Gasteiger partial charge in [0.05, 0.1) is 13.0 Å². The zero-order valence-corrected chi connectivity index (χ0v) is 11.2. The molecule has 1 aliphatic carbocycles. The summed E-state index contributed by atoms with van der Waals surface area (Å²) in [5.74, 6) is -0.364. The van der Waals surface area contributed by atoms with E-state index in [9.17, 15) is 9.59 Å². The fourth-order valence-corrected chi connectivity index (χ4v) is 2.16. The molecular formula is C13H23NO4. The van der Waals surface area contributed by atoms with Gasteiger partial charge in [-0.05, 0) is 38.6 Å². The number of ether oxygens (including phenoxy) is 1. The molecule has 0 radical (unpaired) electrons. The average molecular weight is 257 g/mol. The normalized spacial score (nSPS) is 23.9. The summed E-state index contributed by atoms with van der Waals surface area (Å²) < 4.78 is 5.39. The van der Waals surface area contributed by atoms with Crippen LogP contribution < -0.4 is 0 Å². The van der Waals surface area contributed by atoms with Gasteiger partial charge in [-0.2, -0.15) is 0 Å². The van der Waals surface area contributed by atoms with E-state index in [1.54, 1.807) is 11.9 Å². The number of esters is 1. The summed E-state index contributed by atoms with van der Waals surface area (Å²) in [5.41, 5.74) is 0. The van der Waals surface area contributed by atoms with E-state index in [1.807, 2.05) is 0 Å². The van der Waals surface area contributed by atoms with Crippen LogP contribution in [0.25, 0.3) is 0 Å². The molecule has 1 N–H and O–H groups in total. The Morgan fingerprint density at radius 2 is 1.89 bits per heavy atom. The smallest absolute Gasteiger partial charge is 0.320 e. The molecule has 1 rings (SSSR count). The zero-order valence-electron chi connectivity index (χ0n) is 11.2. The van der Waals surface area contributed by atoms with Crippen molar-refractivity contribution in [3.63, 3.8) is 0 Å². The topological polar surface area (TPSA) is 66.8 Å². The van der Waals surface area contributed by atoms with Crippen molar-refractivity contribution in [3.8, 4) is 0 Å². The lowest BCUT2D eigenvalue weighted by Crippen LogP contribution is -2.32. The molecule has 1 fully saturated rings. The highest BCUT2D eigenvalue weighted by Crippen LogP contribution is 2.25. The number of hydrogen-bond acceptors (Lipinski definition) is 4. The van der Waals surface area contributed by atoms with Crippen LogP contribution in [0.3, 0.4) is 0 Å². The summed E-state index contributed by atoms with van der Waals surface area (Å²) >= 11 is 0. The van der Waals surface area contributed by atoms with Crippen molar-refractivity contribution in [1.82, 2.24) is 4.90 Å². The van der Waals surface area contributed by atoms with Crippen LogP contribution in [0.15, 0.2) is 0 Å². The molecule has 5 heteroatoms. The predicted molar refractivity (Wildman–Crippen MR) is 67.3 cm³/mol. The predicted octanol–water partition coefficient (Wildman–Crippen LogP) is 1.51. The minimum Gasteiger partial charge on any atom is -0.481 e. The van der Waals surface area contributed by atoms with Crippen molar-refractivity contribution in [3.05, 3.63) is 0 Å². The first-order chi connectivity index (χ1) is 8.47. The Bertz CT molecular complexity index is 285. The highest BCUT2D eigenvalue weighted by Gasteiger charge is 2.21. The lowest BCUT2D eigenvalue weighted by molar-refractivity contribution is -0.152. The largest absolute Gasteiger partial charge is 0.481 e. The second-order valence-electron chi connectivity index (χ2n) is 5.25. The summed E-state index contributed by atoms with van der Waals surface area (Å²) in [6.07, 6.45) is 4.24. The SMILES string of the molecule is CC1CCC(OC(=O)CN(C)CCC(=O)O)CC1. The summed E-state index contributed by atoms with van der Waals surface area (Å²) in [7, 11) is 1.73. The molecule has 0 saturated heterocycles. The van der Waals surface area contributed by atoms with Gasteiger partial charge in [0.2, 0.25) is 0 Å². The van der Waals surface area contributed by atoms with Crippen LogP contribution in [0.1, 0.15) is 39.0 Å². The van der Waals surface area contributed by atoms with E-state index in [4.69, 9.17) is 9.84 Å². The molecule has 0 heterocycles. The Balaban J connectivity index is 2.18. The number of likely N-dealkylation sites (N-methyl/N-ethyl adjacent to an activating group) is 1. The minimum absolute atomic E-state index is 0.0464. The van der Waals surface area contributed by atoms with Gasteiger partial charge in [-0.25, -0.2) is 0 Å². The van der Waals surface area contributed by atoms with Crippen LogP contribution in [0.2, 0.25) is 0 Å². The van der Waals surface area contributed by atoms with Crippen molar-refractivity contribution in [2.45, 2.75) is 45.1 Å². The summed E-state index contributed by atoms with van der Waals surface area (Å²) in [6.45, 7) is 2.75. The number of aliphatic carboxylic acids is 1. The number of carbonyl (C=O) groups is 2. The van der Waals surface area contributed by atoms with Gasteiger partial charge in [0, 0.05) is 6.54 Å². The molecule has 0 aromatic carbocycles. The van der Waals surface area contributed by atoms with Crippen molar-refractivity contribution in [2.24, 2.45) is 5.92 Å². The van der Waals surface area contributed by atoms with Crippen LogP contribution in [-0.2, 0) is 14.3 Å². The second-order valence-corrected chi connectivity index (χ2v) is 5.25. The molecular weight excluding hydrogens is 234 g/mol. The van der Waals surface area contributed by atoms with Gasteiger partial charge in [-0.15, -0.1) is 0 Å². The molecule has 0 aromatic rings. The monoisotopic (exact) mass is 257 g/mol. The van der Waals surface area contributed by atoms with Crippen LogP contribution >= 0.6 is 0 Å². The molecule has 0 unspecified atom stereocenters. The zero-order chi connectivity index (χ0) is 13.5.